The molecule has 0 spiro atoms. The van der Waals surface area contributed by atoms with Gasteiger partial charge in [-0.15, -0.1) is 0 Å². The number of carbonyl (C=O) groups excluding carboxylic acids is 1. The van der Waals surface area contributed by atoms with Crippen LogP contribution in [0, 0.1) is 5.92 Å². The summed E-state index contributed by atoms with van der Waals surface area (Å²) in [5.74, 6) is 0.256. The van der Waals surface area contributed by atoms with E-state index >= 15 is 0 Å². The van der Waals surface area contributed by atoms with Crippen molar-refractivity contribution in [2.45, 2.75) is 18.9 Å². The van der Waals surface area contributed by atoms with Gasteiger partial charge < -0.3 is 15.1 Å². The Morgan fingerprint density at radius 3 is 2.81 bits per heavy atom. The zero-order valence-electron chi connectivity index (χ0n) is 12.5. The first-order valence-electron chi connectivity index (χ1n) is 7.66. The van der Waals surface area contributed by atoms with Gasteiger partial charge in [0.2, 0.25) is 10.0 Å². The maximum Gasteiger partial charge on any atom is 0.320 e. The Morgan fingerprint density at radius 1 is 1.29 bits per heavy atom. The van der Waals surface area contributed by atoms with Crippen molar-refractivity contribution in [3.63, 3.8) is 0 Å². The quantitative estimate of drug-likeness (QED) is 0.752. The number of rotatable bonds is 3. The minimum absolute atomic E-state index is 0.123. The van der Waals surface area contributed by atoms with Crippen molar-refractivity contribution in [1.82, 2.24) is 19.4 Å². The van der Waals surface area contributed by atoms with Crippen molar-refractivity contribution >= 4 is 16.1 Å². The van der Waals surface area contributed by atoms with E-state index in [1.54, 1.807) is 4.31 Å². The second-order valence-electron chi connectivity index (χ2n) is 6.37. The van der Waals surface area contributed by atoms with E-state index in [9.17, 15) is 13.2 Å². The summed E-state index contributed by atoms with van der Waals surface area (Å²) in [5, 5.41) is 3.32. The summed E-state index contributed by atoms with van der Waals surface area (Å²) in [7, 11) is -3.12. The predicted octanol–water partition coefficient (Wildman–Crippen LogP) is -0.633. The molecule has 0 radical (unpaired) electrons. The normalized spacial score (nSPS) is 31.6. The molecule has 0 aromatic heterocycles. The largest absolute Gasteiger partial charge is 0.322 e. The molecule has 3 fully saturated rings. The van der Waals surface area contributed by atoms with Crippen molar-refractivity contribution in [2.75, 3.05) is 52.1 Å². The molecule has 21 heavy (non-hydrogen) atoms. The highest BCUT2D eigenvalue weighted by atomic mass is 32.2. The highest BCUT2D eigenvalue weighted by Crippen LogP contribution is 2.23. The smallest absolute Gasteiger partial charge is 0.320 e. The lowest BCUT2D eigenvalue weighted by Gasteiger charge is -2.33. The maximum absolute atomic E-state index is 12.4. The average molecular weight is 316 g/mol. The lowest BCUT2D eigenvalue weighted by molar-refractivity contribution is 0.167. The molecule has 120 valence electrons. The number of piperidine rings is 1. The Balaban J connectivity index is 1.60. The van der Waals surface area contributed by atoms with Gasteiger partial charge in [-0.1, -0.05) is 0 Å². The molecule has 8 heteroatoms. The van der Waals surface area contributed by atoms with Crippen molar-refractivity contribution in [2.24, 2.45) is 5.92 Å². The van der Waals surface area contributed by atoms with E-state index in [1.807, 2.05) is 9.80 Å². The van der Waals surface area contributed by atoms with E-state index in [1.165, 1.54) is 6.26 Å². The Hall–Kier alpha value is -0.860. The van der Waals surface area contributed by atoms with E-state index in [2.05, 4.69) is 5.32 Å². The molecule has 1 N–H and O–H groups in total. The van der Waals surface area contributed by atoms with Crippen molar-refractivity contribution in [3.8, 4) is 0 Å². The van der Waals surface area contributed by atoms with Crippen LogP contribution in [0.3, 0.4) is 0 Å². The molecule has 3 rings (SSSR count). The molecule has 3 heterocycles. The third-order valence-electron chi connectivity index (χ3n) is 4.73. The molecule has 2 unspecified atom stereocenters. The second-order valence-corrected chi connectivity index (χ2v) is 8.35. The zero-order chi connectivity index (χ0) is 15.0. The molecule has 2 amide bonds. The summed E-state index contributed by atoms with van der Waals surface area (Å²) in [6, 6.07) is 0.402. The summed E-state index contributed by atoms with van der Waals surface area (Å²) in [4.78, 5) is 16.2. The van der Waals surface area contributed by atoms with E-state index in [4.69, 9.17) is 0 Å². The number of hydrogen-bond acceptors (Lipinski definition) is 4. The minimum Gasteiger partial charge on any atom is -0.322 e. The molecule has 0 aliphatic carbocycles. The molecule has 0 saturated carbocycles. The lowest BCUT2D eigenvalue weighted by Crippen LogP contribution is -2.50. The molecule has 3 aliphatic heterocycles. The highest BCUT2D eigenvalue weighted by molar-refractivity contribution is 7.88. The van der Waals surface area contributed by atoms with Gasteiger partial charge in [-0.3, -0.25) is 0 Å². The number of urea groups is 1. The summed E-state index contributed by atoms with van der Waals surface area (Å²) in [6.45, 7) is 5.11. The first kappa shape index (κ1) is 15.1. The van der Waals surface area contributed by atoms with Crippen LogP contribution in [0.5, 0.6) is 0 Å². The fraction of sp³-hybridized carbons (Fsp3) is 0.923. The number of nitrogens with one attached hydrogen (secondary N) is 1. The predicted molar refractivity (Wildman–Crippen MR) is 79.5 cm³/mol. The summed E-state index contributed by atoms with van der Waals surface area (Å²) < 4.78 is 24.9. The molecule has 0 aromatic rings. The van der Waals surface area contributed by atoms with Crippen molar-refractivity contribution in [3.05, 3.63) is 0 Å². The van der Waals surface area contributed by atoms with Crippen LogP contribution in [0.1, 0.15) is 12.8 Å². The summed E-state index contributed by atoms with van der Waals surface area (Å²) in [6.07, 6.45) is 3.15. The Bertz CT molecular complexity index is 510. The number of amides is 2. The fourth-order valence-electron chi connectivity index (χ4n) is 3.63. The van der Waals surface area contributed by atoms with Crippen LogP contribution >= 0.6 is 0 Å². The van der Waals surface area contributed by atoms with Crippen LogP contribution in [0.2, 0.25) is 0 Å². The third kappa shape index (κ3) is 3.17. The first-order valence-corrected chi connectivity index (χ1v) is 9.51. The van der Waals surface area contributed by atoms with E-state index in [-0.39, 0.29) is 18.0 Å². The van der Waals surface area contributed by atoms with Crippen LogP contribution in [0.4, 0.5) is 4.79 Å². The molecule has 3 aliphatic rings. The van der Waals surface area contributed by atoms with Crippen LogP contribution in [0.25, 0.3) is 0 Å². The van der Waals surface area contributed by atoms with Crippen molar-refractivity contribution in [1.29, 1.82) is 0 Å². The molecule has 3 saturated heterocycles. The number of nitrogens with zero attached hydrogens (tertiary/aromatic N) is 3. The van der Waals surface area contributed by atoms with Gasteiger partial charge in [0.1, 0.15) is 0 Å². The van der Waals surface area contributed by atoms with Gasteiger partial charge in [0.25, 0.3) is 0 Å². The van der Waals surface area contributed by atoms with Crippen LogP contribution in [-0.2, 0) is 10.0 Å². The standard InChI is InChI=1S/C13H24N4O3S/c1-21(19,20)16-5-2-3-11(9-16)8-15-10-12-7-14-4-6-17(12)13(15)18/h11-12,14H,2-10H2,1H3. The number of fused-ring (bicyclic) bond motifs is 1. The Kier molecular flexibility index (Phi) is 4.11. The van der Waals surface area contributed by atoms with Gasteiger partial charge in [-0.2, -0.15) is 0 Å². The van der Waals surface area contributed by atoms with E-state index in [0.29, 0.717) is 19.6 Å². The van der Waals surface area contributed by atoms with Gasteiger partial charge in [0.15, 0.2) is 0 Å². The van der Waals surface area contributed by atoms with E-state index < -0.39 is 10.0 Å². The summed E-state index contributed by atoms with van der Waals surface area (Å²) >= 11 is 0. The van der Waals surface area contributed by atoms with E-state index in [0.717, 1.165) is 39.0 Å². The molecule has 2 atom stereocenters. The molecule has 0 aromatic carbocycles. The van der Waals surface area contributed by atoms with Gasteiger partial charge in [-0.25, -0.2) is 17.5 Å². The number of piperazine rings is 1. The van der Waals surface area contributed by atoms with Crippen LogP contribution < -0.4 is 5.32 Å². The zero-order valence-corrected chi connectivity index (χ0v) is 13.3. The van der Waals surface area contributed by atoms with Gasteiger partial charge >= 0.3 is 6.03 Å². The SMILES string of the molecule is CS(=O)(=O)N1CCCC(CN2CC3CNCCN3C2=O)C1. The topological polar surface area (TPSA) is 73.0 Å². The van der Waals surface area contributed by atoms with Crippen molar-refractivity contribution < 1.29 is 13.2 Å². The highest BCUT2D eigenvalue weighted by Gasteiger charge is 2.39. The van der Waals surface area contributed by atoms with Gasteiger partial charge in [-0.05, 0) is 18.8 Å². The third-order valence-corrected chi connectivity index (χ3v) is 6.00. The maximum atomic E-state index is 12.4. The number of hydrogen-bond donors (Lipinski definition) is 1. The monoisotopic (exact) mass is 316 g/mol. The first-order chi connectivity index (χ1) is 9.95. The van der Waals surface area contributed by atoms with Crippen LogP contribution in [0.15, 0.2) is 0 Å². The van der Waals surface area contributed by atoms with Gasteiger partial charge in [0.05, 0.1) is 12.3 Å². The fourth-order valence-corrected chi connectivity index (χ4v) is 4.57. The Labute approximate surface area is 126 Å². The molecule has 7 nitrogen and oxygen atoms in total. The average Bonchev–Trinajstić information content (AvgIpc) is 2.75. The van der Waals surface area contributed by atoms with Crippen LogP contribution in [-0.4, -0.2) is 86.7 Å². The molecular weight excluding hydrogens is 292 g/mol. The molecular formula is C13H24N4O3S. The second kappa shape index (κ2) is 5.73. The number of carbonyl (C=O) groups is 1. The number of sulfonamides is 1. The molecule has 0 bridgehead atoms. The Morgan fingerprint density at radius 2 is 2.10 bits per heavy atom. The lowest BCUT2D eigenvalue weighted by atomic mass is 9.99. The minimum atomic E-state index is -3.12. The summed E-state index contributed by atoms with van der Waals surface area (Å²) in [5.41, 5.74) is 0. The van der Waals surface area contributed by atoms with Gasteiger partial charge in [0, 0.05) is 45.8 Å².